The summed E-state index contributed by atoms with van der Waals surface area (Å²) in [7, 11) is 0. The van der Waals surface area contributed by atoms with Gasteiger partial charge < -0.3 is 15.4 Å². The van der Waals surface area contributed by atoms with Crippen LogP contribution in [0.1, 0.15) is 0 Å². The van der Waals surface area contributed by atoms with Crippen LogP contribution in [0.3, 0.4) is 0 Å². The van der Waals surface area contributed by atoms with Crippen LogP contribution < -0.4 is 10.6 Å². The number of hydrogen-bond donors (Lipinski definition) is 2. The van der Waals surface area contributed by atoms with Gasteiger partial charge in [-0.25, -0.2) is 9.59 Å². The Kier molecular flexibility index (Phi) is 1.40. The number of carbonyl (C=O) groups is 2. The first kappa shape index (κ1) is 6.75. The lowest BCUT2D eigenvalue weighted by Gasteiger charge is -2.21. The second-order valence-electron chi connectivity index (χ2n) is 2.60. The van der Waals surface area contributed by atoms with E-state index in [1.807, 2.05) is 0 Å². The predicted octanol–water partition coefficient (Wildman–Crippen LogP) is -2.00. The molecule has 0 aromatic heterocycles. The summed E-state index contributed by atoms with van der Waals surface area (Å²) < 4.78 is 4.41. The highest BCUT2D eigenvalue weighted by Crippen LogP contribution is 2.10. The normalized spacial score (nSPS) is 36.7. The van der Waals surface area contributed by atoms with Crippen molar-refractivity contribution in [2.45, 2.75) is 12.1 Å². The molecule has 0 aromatic rings. The number of ether oxygens (including phenoxy) is 1. The second kappa shape index (κ2) is 2.28. The van der Waals surface area contributed by atoms with Gasteiger partial charge in [0, 0.05) is 13.1 Å². The summed E-state index contributed by atoms with van der Waals surface area (Å²) in [5, 5.41) is 5.81. The van der Waals surface area contributed by atoms with Crippen molar-refractivity contribution < 1.29 is 14.3 Å². The van der Waals surface area contributed by atoms with Crippen LogP contribution >= 0.6 is 0 Å². The molecule has 2 atom stereocenters. The predicted molar refractivity (Wildman–Crippen MR) is 34.7 cm³/mol. The van der Waals surface area contributed by atoms with Gasteiger partial charge in [0.2, 0.25) is 0 Å². The Balaban J connectivity index is 2.19. The van der Waals surface area contributed by atoms with Crippen molar-refractivity contribution in [3.8, 4) is 0 Å². The SMILES string of the molecule is O=C1OC(=O)[C@@H]2NCCN[C@H]12. The summed E-state index contributed by atoms with van der Waals surface area (Å²) in [5.41, 5.74) is 0. The molecule has 11 heavy (non-hydrogen) atoms. The number of fused-ring (bicyclic) bond motifs is 1. The van der Waals surface area contributed by atoms with Crippen molar-refractivity contribution in [3.05, 3.63) is 0 Å². The lowest BCUT2D eigenvalue weighted by atomic mass is 10.1. The minimum absolute atomic E-state index is 0.462. The summed E-state index contributed by atoms with van der Waals surface area (Å²) >= 11 is 0. The fraction of sp³-hybridized carbons (Fsp3) is 0.667. The van der Waals surface area contributed by atoms with Crippen LogP contribution in [0.15, 0.2) is 0 Å². The van der Waals surface area contributed by atoms with Crippen molar-refractivity contribution in [2.75, 3.05) is 13.1 Å². The number of carbonyl (C=O) groups excluding carboxylic acids is 2. The molecule has 5 heteroatoms. The Morgan fingerprint density at radius 3 is 2.00 bits per heavy atom. The van der Waals surface area contributed by atoms with Gasteiger partial charge in [0.1, 0.15) is 12.1 Å². The second-order valence-corrected chi connectivity index (χ2v) is 2.60. The molecule has 2 rings (SSSR count). The maximum atomic E-state index is 10.9. The van der Waals surface area contributed by atoms with Gasteiger partial charge in [0.25, 0.3) is 0 Å². The van der Waals surface area contributed by atoms with Crippen LogP contribution in [0.4, 0.5) is 0 Å². The van der Waals surface area contributed by atoms with Gasteiger partial charge in [-0.15, -0.1) is 0 Å². The molecule has 0 spiro atoms. The summed E-state index contributed by atoms with van der Waals surface area (Å²) in [6, 6.07) is -0.924. The molecule has 2 heterocycles. The minimum atomic E-state index is -0.466. The van der Waals surface area contributed by atoms with E-state index in [2.05, 4.69) is 15.4 Å². The van der Waals surface area contributed by atoms with Gasteiger partial charge in [-0.05, 0) is 0 Å². The summed E-state index contributed by atoms with van der Waals surface area (Å²) in [4.78, 5) is 21.7. The van der Waals surface area contributed by atoms with Gasteiger partial charge >= 0.3 is 11.9 Å². The fourth-order valence-corrected chi connectivity index (χ4v) is 1.36. The van der Waals surface area contributed by atoms with Crippen LogP contribution in [-0.2, 0) is 14.3 Å². The average molecular weight is 156 g/mol. The summed E-state index contributed by atoms with van der Waals surface area (Å²) in [6.07, 6.45) is 0. The standard InChI is InChI=1S/C6H8N2O3/c9-5-3-4(6(10)11-5)8-2-1-7-3/h3-4,7-8H,1-2H2/t3-,4+. The van der Waals surface area contributed by atoms with Crippen LogP contribution in [-0.4, -0.2) is 37.1 Å². The molecule has 2 fully saturated rings. The molecule has 0 amide bonds. The van der Waals surface area contributed by atoms with E-state index in [-0.39, 0.29) is 0 Å². The molecule has 2 N–H and O–H groups in total. The first-order valence-electron chi connectivity index (χ1n) is 3.51. The minimum Gasteiger partial charge on any atom is -0.391 e. The van der Waals surface area contributed by atoms with E-state index in [4.69, 9.17) is 0 Å². The maximum absolute atomic E-state index is 10.9. The largest absolute Gasteiger partial charge is 0.391 e. The van der Waals surface area contributed by atoms with Gasteiger partial charge in [-0.2, -0.15) is 0 Å². The number of nitrogens with one attached hydrogen (secondary N) is 2. The molecule has 60 valence electrons. The number of hydrogen-bond acceptors (Lipinski definition) is 5. The molecule has 0 aromatic carbocycles. The van der Waals surface area contributed by atoms with Crippen LogP contribution in [0.25, 0.3) is 0 Å². The smallest absolute Gasteiger partial charge is 0.333 e. The lowest BCUT2D eigenvalue weighted by Crippen LogP contribution is -2.57. The highest BCUT2D eigenvalue weighted by molar-refractivity contribution is 6.01. The van der Waals surface area contributed by atoms with Gasteiger partial charge in [0.15, 0.2) is 0 Å². The molecule has 0 aliphatic carbocycles. The molecule has 0 radical (unpaired) electrons. The van der Waals surface area contributed by atoms with E-state index >= 15 is 0 Å². The van der Waals surface area contributed by atoms with E-state index in [0.29, 0.717) is 13.1 Å². The van der Waals surface area contributed by atoms with E-state index < -0.39 is 24.0 Å². The van der Waals surface area contributed by atoms with Crippen LogP contribution in [0.5, 0.6) is 0 Å². The monoisotopic (exact) mass is 156 g/mol. The zero-order valence-electron chi connectivity index (χ0n) is 5.79. The van der Waals surface area contributed by atoms with Crippen molar-refractivity contribution in [1.29, 1.82) is 0 Å². The lowest BCUT2D eigenvalue weighted by molar-refractivity contribution is -0.152. The highest BCUT2D eigenvalue weighted by atomic mass is 16.6. The maximum Gasteiger partial charge on any atom is 0.333 e. The number of rotatable bonds is 0. The first-order chi connectivity index (χ1) is 5.29. The van der Waals surface area contributed by atoms with E-state index in [9.17, 15) is 9.59 Å². The topological polar surface area (TPSA) is 67.4 Å². The first-order valence-corrected chi connectivity index (χ1v) is 3.51. The Bertz CT molecular complexity index is 194. The molecule has 5 nitrogen and oxygen atoms in total. The average Bonchev–Trinajstić information content (AvgIpc) is 2.30. The third-order valence-electron chi connectivity index (χ3n) is 1.90. The molecule has 0 bridgehead atoms. The Morgan fingerprint density at radius 1 is 1.09 bits per heavy atom. The molecule has 2 aliphatic rings. The zero-order chi connectivity index (χ0) is 7.84. The quantitative estimate of drug-likeness (QED) is 0.313. The van der Waals surface area contributed by atoms with Gasteiger partial charge in [-0.3, -0.25) is 0 Å². The number of cyclic esters (lactones) is 2. The molecular formula is C6H8N2O3. The van der Waals surface area contributed by atoms with Crippen molar-refractivity contribution in [3.63, 3.8) is 0 Å². The summed E-state index contributed by atoms with van der Waals surface area (Å²) in [6.45, 7) is 1.40. The Hall–Kier alpha value is -0.940. The molecule has 2 aliphatic heterocycles. The summed E-state index contributed by atoms with van der Waals surface area (Å²) in [5.74, 6) is -0.931. The zero-order valence-corrected chi connectivity index (χ0v) is 5.79. The third kappa shape index (κ3) is 0.928. The number of esters is 2. The van der Waals surface area contributed by atoms with E-state index in [1.54, 1.807) is 0 Å². The molecule has 0 saturated carbocycles. The van der Waals surface area contributed by atoms with Crippen LogP contribution in [0, 0.1) is 0 Å². The van der Waals surface area contributed by atoms with Crippen molar-refractivity contribution in [2.24, 2.45) is 0 Å². The molecule has 2 saturated heterocycles. The van der Waals surface area contributed by atoms with Crippen molar-refractivity contribution >= 4 is 11.9 Å². The number of piperazine rings is 1. The molecule has 0 unspecified atom stereocenters. The van der Waals surface area contributed by atoms with E-state index in [1.165, 1.54) is 0 Å². The fourth-order valence-electron chi connectivity index (χ4n) is 1.36. The van der Waals surface area contributed by atoms with Gasteiger partial charge in [0.05, 0.1) is 0 Å². The van der Waals surface area contributed by atoms with Crippen LogP contribution in [0.2, 0.25) is 0 Å². The Labute approximate surface area is 63.1 Å². The van der Waals surface area contributed by atoms with E-state index in [0.717, 1.165) is 0 Å². The molecular weight excluding hydrogens is 148 g/mol. The third-order valence-corrected chi connectivity index (χ3v) is 1.90. The highest BCUT2D eigenvalue weighted by Gasteiger charge is 2.45. The Morgan fingerprint density at radius 2 is 1.55 bits per heavy atom. The van der Waals surface area contributed by atoms with Crippen molar-refractivity contribution in [1.82, 2.24) is 10.6 Å². The van der Waals surface area contributed by atoms with Gasteiger partial charge in [-0.1, -0.05) is 0 Å².